The fourth-order valence-corrected chi connectivity index (χ4v) is 2.74. The van der Waals surface area contributed by atoms with Crippen LogP contribution in [0.2, 0.25) is 0 Å². The summed E-state index contributed by atoms with van der Waals surface area (Å²) in [6.07, 6.45) is 1.57. The molecule has 0 aliphatic carbocycles. The van der Waals surface area contributed by atoms with E-state index in [4.69, 9.17) is 4.74 Å². The summed E-state index contributed by atoms with van der Waals surface area (Å²) in [6, 6.07) is 6.02. The molecule has 2 aromatic heterocycles. The van der Waals surface area contributed by atoms with E-state index >= 15 is 0 Å². The molecule has 6 nitrogen and oxygen atoms in total. The van der Waals surface area contributed by atoms with Crippen molar-refractivity contribution in [2.24, 2.45) is 7.05 Å². The number of carbonyl (C=O) groups is 1. The van der Waals surface area contributed by atoms with E-state index in [1.54, 1.807) is 30.8 Å². The lowest BCUT2D eigenvalue weighted by molar-refractivity contribution is 0.102. The van der Waals surface area contributed by atoms with Crippen molar-refractivity contribution in [3.05, 3.63) is 47.2 Å². The van der Waals surface area contributed by atoms with Gasteiger partial charge in [0, 0.05) is 24.2 Å². The van der Waals surface area contributed by atoms with Crippen molar-refractivity contribution < 1.29 is 13.9 Å². The van der Waals surface area contributed by atoms with E-state index in [9.17, 15) is 9.18 Å². The van der Waals surface area contributed by atoms with E-state index in [-0.39, 0.29) is 17.6 Å². The van der Waals surface area contributed by atoms with Gasteiger partial charge in [-0.15, -0.1) is 16.4 Å². The van der Waals surface area contributed by atoms with Gasteiger partial charge in [0.15, 0.2) is 5.13 Å². The second-order valence-corrected chi connectivity index (χ2v) is 5.58. The predicted octanol–water partition coefficient (Wildman–Crippen LogP) is 2.94. The molecule has 1 aromatic carbocycles. The van der Waals surface area contributed by atoms with Crippen LogP contribution in [0.1, 0.15) is 10.4 Å². The average Bonchev–Trinajstić information content (AvgIpc) is 3.14. The summed E-state index contributed by atoms with van der Waals surface area (Å²) in [4.78, 5) is 16.6. The summed E-state index contributed by atoms with van der Waals surface area (Å²) in [7, 11) is 3.16. The molecule has 0 unspecified atom stereocenters. The van der Waals surface area contributed by atoms with Crippen LogP contribution in [-0.4, -0.2) is 27.8 Å². The highest BCUT2D eigenvalue weighted by molar-refractivity contribution is 7.14. The molecule has 0 radical (unpaired) electrons. The minimum atomic E-state index is -0.352. The highest BCUT2D eigenvalue weighted by Gasteiger charge is 2.17. The number of anilines is 1. The Balaban J connectivity index is 1.78. The second-order valence-electron chi connectivity index (χ2n) is 4.72. The van der Waals surface area contributed by atoms with Gasteiger partial charge in [-0.05, 0) is 24.3 Å². The number of methoxy groups -OCH3 is 1. The molecule has 23 heavy (non-hydrogen) atoms. The van der Waals surface area contributed by atoms with E-state index < -0.39 is 0 Å². The van der Waals surface area contributed by atoms with Gasteiger partial charge < -0.3 is 4.74 Å². The van der Waals surface area contributed by atoms with Gasteiger partial charge in [-0.2, -0.15) is 0 Å². The van der Waals surface area contributed by atoms with Crippen LogP contribution in [0.25, 0.3) is 11.3 Å². The monoisotopic (exact) mass is 332 g/mol. The molecule has 0 saturated heterocycles. The molecule has 0 aliphatic heterocycles. The number of hydrogen-bond donors (Lipinski definition) is 1. The number of aryl methyl sites for hydroxylation is 1. The molecule has 8 heteroatoms. The Bertz CT molecular complexity index is 842. The highest BCUT2D eigenvalue weighted by Crippen LogP contribution is 2.26. The topological polar surface area (TPSA) is 69.0 Å². The van der Waals surface area contributed by atoms with Crippen LogP contribution in [-0.2, 0) is 7.05 Å². The smallest absolute Gasteiger partial charge is 0.264 e. The molecule has 0 spiro atoms. The summed E-state index contributed by atoms with van der Waals surface area (Å²) >= 11 is 1.29. The Hall–Kier alpha value is -2.74. The molecule has 0 bridgehead atoms. The normalized spacial score (nSPS) is 10.6. The third-order valence-electron chi connectivity index (χ3n) is 3.10. The molecule has 3 rings (SSSR count). The van der Waals surface area contributed by atoms with Crippen LogP contribution in [0.4, 0.5) is 9.52 Å². The molecule has 2 heterocycles. The van der Waals surface area contributed by atoms with Gasteiger partial charge in [0.05, 0.1) is 12.8 Å². The number of benzene rings is 1. The number of halogens is 1. The largest absolute Gasteiger partial charge is 0.479 e. The van der Waals surface area contributed by atoms with Crippen LogP contribution in [0.3, 0.4) is 0 Å². The van der Waals surface area contributed by atoms with Gasteiger partial charge in [-0.1, -0.05) is 0 Å². The third-order valence-corrected chi connectivity index (χ3v) is 3.86. The molecule has 0 saturated carbocycles. The van der Waals surface area contributed by atoms with Gasteiger partial charge in [0.1, 0.15) is 11.4 Å². The van der Waals surface area contributed by atoms with E-state index in [1.807, 2.05) is 0 Å². The van der Waals surface area contributed by atoms with E-state index in [0.29, 0.717) is 16.4 Å². The van der Waals surface area contributed by atoms with E-state index in [0.717, 1.165) is 5.56 Å². The molecule has 0 aliphatic rings. The standard InChI is InChI=1S/C15H13FN4O2S/c1-20-7-11(14(19-20)22-2)13(21)18-15-17-12(8-23-15)9-3-5-10(16)6-4-9/h3-8H,1-2H3,(H,17,18,21). The van der Waals surface area contributed by atoms with E-state index in [1.165, 1.54) is 35.3 Å². The van der Waals surface area contributed by atoms with Crippen LogP contribution in [0, 0.1) is 5.82 Å². The van der Waals surface area contributed by atoms with Gasteiger partial charge in [-0.3, -0.25) is 14.8 Å². The summed E-state index contributed by atoms with van der Waals surface area (Å²) in [5.41, 5.74) is 1.78. The van der Waals surface area contributed by atoms with Crippen molar-refractivity contribution in [3.8, 4) is 17.1 Å². The Labute approximate surface area is 135 Å². The molecule has 1 amide bonds. The zero-order chi connectivity index (χ0) is 16.4. The van der Waals surface area contributed by atoms with Crippen LogP contribution in [0.5, 0.6) is 5.88 Å². The van der Waals surface area contributed by atoms with Gasteiger partial charge in [-0.25, -0.2) is 9.37 Å². The van der Waals surface area contributed by atoms with Crippen molar-refractivity contribution in [2.75, 3.05) is 12.4 Å². The Morgan fingerprint density at radius 2 is 2.09 bits per heavy atom. The fourth-order valence-electron chi connectivity index (χ4n) is 2.02. The lowest BCUT2D eigenvalue weighted by Crippen LogP contribution is -2.12. The lowest BCUT2D eigenvalue weighted by Gasteiger charge is -2.01. The minimum absolute atomic E-state index is 0.250. The Kier molecular flexibility index (Phi) is 4.07. The number of ether oxygens (including phenoxy) is 1. The lowest BCUT2D eigenvalue weighted by atomic mass is 10.2. The van der Waals surface area contributed by atoms with Crippen LogP contribution in [0.15, 0.2) is 35.8 Å². The average molecular weight is 332 g/mol. The van der Waals surface area contributed by atoms with Gasteiger partial charge >= 0.3 is 0 Å². The van der Waals surface area contributed by atoms with Crippen molar-refractivity contribution in [2.45, 2.75) is 0 Å². The number of thiazole rings is 1. The van der Waals surface area contributed by atoms with Gasteiger partial charge in [0.2, 0.25) is 5.88 Å². The molecule has 1 N–H and O–H groups in total. The van der Waals surface area contributed by atoms with Crippen molar-refractivity contribution in [1.29, 1.82) is 0 Å². The van der Waals surface area contributed by atoms with E-state index in [2.05, 4.69) is 15.4 Å². The summed E-state index contributed by atoms with van der Waals surface area (Å²) < 4.78 is 19.5. The van der Waals surface area contributed by atoms with Crippen molar-refractivity contribution in [3.63, 3.8) is 0 Å². The van der Waals surface area contributed by atoms with Crippen LogP contribution >= 0.6 is 11.3 Å². The molecule has 0 atom stereocenters. The number of amides is 1. The fraction of sp³-hybridized carbons (Fsp3) is 0.133. The summed E-state index contributed by atoms with van der Waals surface area (Å²) in [5, 5.41) is 8.98. The number of hydrogen-bond acceptors (Lipinski definition) is 5. The Morgan fingerprint density at radius 3 is 2.78 bits per heavy atom. The zero-order valence-electron chi connectivity index (χ0n) is 12.4. The first-order valence-corrected chi connectivity index (χ1v) is 7.55. The first-order valence-electron chi connectivity index (χ1n) is 6.67. The summed E-state index contributed by atoms with van der Waals surface area (Å²) in [6.45, 7) is 0. The SMILES string of the molecule is COc1nn(C)cc1C(=O)Nc1nc(-c2ccc(F)cc2)cs1. The number of aromatic nitrogens is 3. The van der Waals surface area contributed by atoms with Crippen LogP contribution < -0.4 is 10.1 Å². The number of carbonyl (C=O) groups excluding carboxylic acids is 1. The number of nitrogens with one attached hydrogen (secondary N) is 1. The minimum Gasteiger partial charge on any atom is -0.479 e. The number of nitrogens with zero attached hydrogens (tertiary/aromatic N) is 3. The maximum absolute atomic E-state index is 12.9. The maximum atomic E-state index is 12.9. The molecule has 118 valence electrons. The molecular formula is C15H13FN4O2S. The van der Waals surface area contributed by atoms with Crippen molar-refractivity contribution in [1.82, 2.24) is 14.8 Å². The highest BCUT2D eigenvalue weighted by atomic mass is 32.1. The second kappa shape index (κ2) is 6.17. The first-order chi connectivity index (χ1) is 11.1. The quantitative estimate of drug-likeness (QED) is 0.797. The molecule has 3 aromatic rings. The summed E-state index contributed by atoms with van der Waals surface area (Å²) in [5.74, 6) is -0.406. The predicted molar refractivity (Wildman–Crippen MR) is 85.2 cm³/mol. The Morgan fingerprint density at radius 1 is 1.35 bits per heavy atom. The maximum Gasteiger partial charge on any atom is 0.264 e. The molecule has 0 fully saturated rings. The molecular weight excluding hydrogens is 319 g/mol. The zero-order valence-corrected chi connectivity index (χ0v) is 13.2. The number of rotatable bonds is 4. The van der Waals surface area contributed by atoms with Gasteiger partial charge in [0.25, 0.3) is 5.91 Å². The third kappa shape index (κ3) is 3.21. The first kappa shape index (κ1) is 15.2. The van der Waals surface area contributed by atoms with Crippen molar-refractivity contribution >= 4 is 22.4 Å².